The van der Waals surface area contributed by atoms with Gasteiger partial charge in [0.2, 0.25) is 5.91 Å². The first kappa shape index (κ1) is 19.4. The van der Waals surface area contributed by atoms with E-state index >= 15 is 0 Å². The van der Waals surface area contributed by atoms with Crippen LogP contribution in [0.15, 0.2) is 59.4 Å². The Bertz CT molecular complexity index is 1050. The van der Waals surface area contributed by atoms with Gasteiger partial charge in [0.05, 0.1) is 12.5 Å². The molecule has 1 unspecified atom stereocenters. The van der Waals surface area contributed by atoms with Gasteiger partial charge in [-0.25, -0.2) is 0 Å². The number of hydrogen-bond donors (Lipinski definition) is 2. The van der Waals surface area contributed by atoms with Crippen LogP contribution in [0.2, 0.25) is 0 Å². The Labute approximate surface area is 170 Å². The van der Waals surface area contributed by atoms with Crippen molar-refractivity contribution in [2.45, 2.75) is 32.2 Å². The maximum atomic E-state index is 12.6. The topological polar surface area (TPSA) is 65.2 Å². The van der Waals surface area contributed by atoms with E-state index in [0.29, 0.717) is 18.5 Å². The summed E-state index contributed by atoms with van der Waals surface area (Å²) in [6, 6.07) is 18.3. The number of pyridine rings is 1. The lowest BCUT2D eigenvalue weighted by molar-refractivity contribution is -0.120. The van der Waals surface area contributed by atoms with Crippen LogP contribution in [0.4, 0.5) is 0 Å². The molecule has 1 aliphatic rings. The maximum absolute atomic E-state index is 12.6. The highest BCUT2D eigenvalue weighted by Crippen LogP contribution is 2.24. The predicted octanol–water partition coefficient (Wildman–Crippen LogP) is 3.33. The zero-order chi connectivity index (χ0) is 20.2. The minimum atomic E-state index is -0.0724. The number of aromatic amines is 1. The van der Waals surface area contributed by atoms with Crippen LogP contribution in [0.5, 0.6) is 0 Å². The summed E-state index contributed by atoms with van der Waals surface area (Å²) in [6.45, 7) is 4.57. The largest absolute Gasteiger partial charge is 0.354 e. The van der Waals surface area contributed by atoms with Crippen LogP contribution in [0, 0.1) is 6.92 Å². The van der Waals surface area contributed by atoms with Crippen LogP contribution in [-0.2, 0) is 11.2 Å². The average Bonchev–Trinajstić information content (AvgIpc) is 3.25. The van der Waals surface area contributed by atoms with Gasteiger partial charge in [-0.1, -0.05) is 36.4 Å². The summed E-state index contributed by atoms with van der Waals surface area (Å²) >= 11 is 0. The first-order valence-corrected chi connectivity index (χ1v) is 10.3. The van der Waals surface area contributed by atoms with E-state index in [4.69, 9.17) is 0 Å². The standard InChI is InChI=1S/C24H27N3O2/c1-17-13-20-14-18(9-10-21(20)26-24(17)29)15-23(28)25-16-22(27-11-5-6-12-27)19-7-3-2-4-8-19/h2-4,7-10,13-14,22H,5-6,11-12,15-16H2,1H3,(H,25,28)(H,26,29). The first-order chi connectivity index (χ1) is 14.1. The molecule has 150 valence electrons. The molecular weight excluding hydrogens is 362 g/mol. The molecule has 1 amide bonds. The van der Waals surface area contributed by atoms with Crippen LogP contribution < -0.4 is 10.9 Å². The van der Waals surface area contributed by atoms with Crippen molar-refractivity contribution in [1.82, 2.24) is 15.2 Å². The van der Waals surface area contributed by atoms with Crippen LogP contribution in [-0.4, -0.2) is 35.4 Å². The fourth-order valence-electron chi connectivity index (χ4n) is 4.12. The second kappa shape index (κ2) is 8.62. The Morgan fingerprint density at radius 1 is 1.10 bits per heavy atom. The summed E-state index contributed by atoms with van der Waals surface area (Å²) in [7, 11) is 0. The van der Waals surface area contributed by atoms with E-state index in [0.717, 1.165) is 29.6 Å². The molecular formula is C24H27N3O2. The van der Waals surface area contributed by atoms with Crippen LogP contribution in [0.1, 0.15) is 35.6 Å². The number of H-pyrrole nitrogens is 1. The van der Waals surface area contributed by atoms with E-state index in [-0.39, 0.29) is 17.5 Å². The Kier molecular flexibility index (Phi) is 5.76. The van der Waals surface area contributed by atoms with Crippen molar-refractivity contribution in [3.05, 3.63) is 81.6 Å². The number of nitrogens with zero attached hydrogens (tertiary/aromatic N) is 1. The number of nitrogens with one attached hydrogen (secondary N) is 2. The first-order valence-electron chi connectivity index (χ1n) is 10.3. The lowest BCUT2D eigenvalue weighted by atomic mass is 10.0. The molecule has 3 aromatic rings. The number of amides is 1. The van der Waals surface area contributed by atoms with Crippen molar-refractivity contribution in [2.75, 3.05) is 19.6 Å². The number of carbonyl (C=O) groups is 1. The number of aryl methyl sites for hydroxylation is 1. The third-order valence-electron chi connectivity index (χ3n) is 5.72. The molecule has 0 spiro atoms. The van der Waals surface area contributed by atoms with Gasteiger partial charge in [-0.2, -0.15) is 0 Å². The van der Waals surface area contributed by atoms with Crippen LogP contribution >= 0.6 is 0 Å². The van der Waals surface area contributed by atoms with E-state index in [1.165, 1.54) is 18.4 Å². The number of carbonyl (C=O) groups excluding carboxylic acids is 1. The third-order valence-corrected chi connectivity index (χ3v) is 5.72. The molecule has 1 atom stereocenters. The summed E-state index contributed by atoms with van der Waals surface area (Å²) in [5.41, 5.74) is 3.59. The molecule has 0 radical (unpaired) electrons. The molecule has 5 heteroatoms. The monoisotopic (exact) mass is 389 g/mol. The lowest BCUT2D eigenvalue weighted by Crippen LogP contribution is -2.37. The van der Waals surface area contributed by atoms with Crippen LogP contribution in [0.3, 0.4) is 0 Å². The van der Waals surface area contributed by atoms with Crippen LogP contribution in [0.25, 0.3) is 10.9 Å². The Morgan fingerprint density at radius 2 is 1.86 bits per heavy atom. The minimum absolute atomic E-state index is 0.0191. The summed E-state index contributed by atoms with van der Waals surface area (Å²) in [5, 5.41) is 4.09. The fraction of sp³-hybridized carbons (Fsp3) is 0.333. The van der Waals surface area contributed by atoms with Gasteiger partial charge in [0.15, 0.2) is 0 Å². The van der Waals surface area contributed by atoms with E-state index in [1.807, 2.05) is 30.3 Å². The SMILES string of the molecule is Cc1cc2cc(CC(=O)NCC(c3ccccc3)N3CCCC3)ccc2[nH]c1=O. The second-order valence-corrected chi connectivity index (χ2v) is 7.85. The quantitative estimate of drug-likeness (QED) is 0.680. The van der Waals surface area contributed by atoms with Crippen molar-refractivity contribution in [3.63, 3.8) is 0 Å². The number of fused-ring (bicyclic) bond motifs is 1. The smallest absolute Gasteiger partial charge is 0.251 e. The van der Waals surface area contributed by atoms with Gasteiger partial charge in [0, 0.05) is 17.6 Å². The van der Waals surface area contributed by atoms with Crippen molar-refractivity contribution in [1.29, 1.82) is 0 Å². The molecule has 1 aliphatic heterocycles. The minimum Gasteiger partial charge on any atom is -0.354 e. The number of likely N-dealkylation sites (tertiary alicyclic amines) is 1. The number of benzene rings is 2. The zero-order valence-electron chi connectivity index (χ0n) is 16.8. The predicted molar refractivity (Wildman–Crippen MR) is 116 cm³/mol. The number of aromatic nitrogens is 1. The molecule has 2 aromatic carbocycles. The van der Waals surface area contributed by atoms with Gasteiger partial charge < -0.3 is 10.3 Å². The molecule has 4 rings (SSSR count). The molecule has 29 heavy (non-hydrogen) atoms. The summed E-state index contributed by atoms with van der Waals surface area (Å²) in [4.78, 5) is 29.7. The molecule has 0 aliphatic carbocycles. The van der Waals surface area contributed by atoms with E-state index in [9.17, 15) is 9.59 Å². The van der Waals surface area contributed by atoms with Crippen molar-refractivity contribution < 1.29 is 4.79 Å². The summed E-state index contributed by atoms with van der Waals surface area (Å²) in [5.74, 6) is 0.0191. The van der Waals surface area contributed by atoms with Crippen molar-refractivity contribution in [2.24, 2.45) is 0 Å². The molecule has 1 aromatic heterocycles. The van der Waals surface area contributed by atoms with Gasteiger partial charge in [0.1, 0.15) is 0 Å². The Hall–Kier alpha value is -2.92. The van der Waals surface area contributed by atoms with Gasteiger partial charge in [-0.05, 0) is 67.6 Å². The maximum Gasteiger partial charge on any atom is 0.251 e. The van der Waals surface area contributed by atoms with Gasteiger partial charge in [-0.15, -0.1) is 0 Å². The highest BCUT2D eigenvalue weighted by Gasteiger charge is 2.23. The van der Waals surface area contributed by atoms with E-state index < -0.39 is 0 Å². The van der Waals surface area contributed by atoms with Gasteiger partial charge >= 0.3 is 0 Å². The average molecular weight is 389 g/mol. The second-order valence-electron chi connectivity index (χ2n) is 7.85. The normalized spacial score (nSPS) is 15.5. The summed E-state index contributed by atoms with van der Waals surface area (Å²) in [6.07, 6.45) is 2.77. The van der Waals surface area contributed by atoms with Crippen molar-refractivity contribution in [3.8, 4) is 0 Å². The van der Waals surface area contributed by atoms with E-state index in [2.05, 4.69) is 39.5 Å². The number of hydrogen-bond acceptors (Lipinski definition) is 3. The molecule has 2 N–H and O–H groups in total. The van der Waals surface area contributed by atoms with E-state index in [1.54, 1.807) is 6.92 Å². The molecule has 1 saturated heterocycles. The van der Waals surface area contributed by atoms with Gasteiger partial charge in [0.25, 0.3) is 5.56 Å². The molecule has 0 saturated carbocycles. The van der Waals surface area contributed by atoms with Gasteiger partial charge in [-0.3, -0.25) is 14.5 Å². The highest BCUT2D eigenvalue weighted by molar-refractivity contribution is 5.83. The lowest BCUT2D eigenvalue weighted by Gasteiger charge is -2.28. The Balaban J connectivity index is 1.43. The van der Waals surface area contributed by atoms with Crippen molar-refractivity contribution >= 4 is 16.8 Å². The zero-order valence-corrected chi connectivity index (χ0v) is 16.8. The number of rotatable bonds is 6. The summed E-state index contributed by atoms with van der Waals surface area (Å²) < 4.78 is 0. The molecule has 2 heterocycles. The third kappa shape index (κ3) is 4.57. The fourth-order valence-corrected chi connectivity index (χ4v) is 4.12. The highest BCUT2D eigenvalue weighted by atomic mass is 16.1. The molecule has 1 fully saturated rings. The molecule has 5 nitrogen and oxygen atoms in total. The molecule has 0 bridgehead atoms. The Morgan fingerprint density at radius 3 is 2.62 bits per heavy atom.